The van der Waals surface area contributed by atoms with Gasteiger partial charge in [0, 0.05) is 23.8 Å². The molecule has 0 saturated carbocycles. The van der Waals surface area contributed by atoms with E-state index < -0.39 is 0 Å². The van der Waals surface area contributed by atoms with E-state index in [9.17, 15) is 0 Å². The predicted octanol–water partition coefficient (Wildman–Crippen LogP) is 3.23. The number of nitrogens with zero attached hydrogens (tertiary/aromatic N) is 1. The molecule has 1 unspecified atom stereocenters. The van der Waals surface area contributed by atoms with E-state index in [2.05, 4.69) is 29.5 Å². The first-order valence-corrected chi connectivity index (χ1v) is 7.47. The Bertz CT molecular complexity index is 527. The van der Waals surface area contributed by atoms with Crippen LogP contribution in [0, 0.1) is 5.92 Å². The molecule has 2 rings (SSSR count). The second-order valence-corrected chi connectivity index (χ2v) is 5.45. The lowest BCUT2D eigenvalue weighted by Crippen LogP contribution is -2.13. The number of rotatable bonds is 5. The number of benzene rings is 1. The number of nitrogens with two attached hydrogens (primary N) is 1. The lowest BCUT2D eigenvalue weighted by Gasteiger charge is -2.14. The fraction of sp³-hybridized carbons (Fsp3) is 0.357. The molecule has 0 spiro atoms. The summed E-state index contributed by atoms with van der Waals surface area (Å²) in [6.07, 6.45) is 3.91. The highest BCUT2D eigenvalue weighted by atomic mass is 32.2. The monoisotopic (exact) mass is 261 g/mol. The van der Waals surface area contributed by atoms with Crippen molar-refractivity contribution in [2.75, 3.05) is 29.6 Å². The summed E-state index contributed by atoms with van der Waals surface area (Å²) < 4.78 is 0. The number of fused-ring (bicyclic) bond motifs is 1. The molecule has 1 aromatic carbocycles. The van der Waals surface area contributed by atoms with Crippen LogP contribution in [0.15, 0.2) is 30.5 Å². The van der Waals surface area contributed by atoms with Crippen LogP contribution in [0.5, 0.6) is 0 Å². The number of anilines is 2. The fourth-order valence-corrected chi connectivity index (χ4v) is 2.66. The Hall–Kier alpha value is -1.42. The Labute approximate surface area is 112 Å². The summed E-state index contributed by atoms with van der Waals surface area (Å²) in [5.41, 5.74) is 8.65. The highest BCUT2D eigenvalue weighted by molar-refractivity contribution is 7.98. The Morgan fingerprint density at radius 1 is 1.39 bits per heavy atom. The van der Waals surface area contributed by atoms with Crippen LogP contribution in [0.1, 0.15) is 6.92 Å². The summed E-state index contributed by atoms with van der Waals surface area (Å²) in [5, 5.41) is 4.58. The molecule has 3 nitrogen and oxygen atoms in total. The first kappa shape index (κ1) is 13.0. The number of aromatic nitrogens is 1. The number of hydrogen-bond acceptors (Lipinski definition) is 4. The smallest absolute Gasteiger partial charge is 0.0951 e. The lowest BCUT2D eigenvalue weighted by molar-refractivity contribution is 0.702. The molecule has 2 aromatic rings. The van der Waals surface area contributed by atoms with Gasteiger partial charge >= 0.3 is 0 Å². The number of nitrogen functional groups attached to an aromatic ring is 1. The molecule has 1 atom stereocenters. The van der Waals surface area contributed by atoms with E-state index in [-0.39, 0.29) is 0 Å². The third-order valence-electron chi connectivity index (χ3n) is 2.89. The van der Waals surface area contributed by atoms with Gasteiger partial charge in [-0.1, -0.05) is 6.92 Å². The summed E-state index contributed by atoms with van der Waals surface area (Å²) in [4.78, 5) is 4.34. The van der Waals surface area contributed by atoms with Gasteiger partial charge in [-0.15, -0.1) is 0 Å². The summed E-state index contributed by atoms with van der Waals surface area (Å²) in [6, 6.07) is 7.95. The minimum Gasteiger partial charge on any atom is -0.397 e. The molecule has 0 aliphatic rings. The van der Waals surface area contributed by atoms with Crippen molar-refractivity contribution in [2.45, 2.75) is 6.92 Å². The van der Waals surface area contributed by atoms with Gasteiger partial charge in [-0.05, 0) is 42.2 Å². The van der Waals surface area contributed by atoms with Crippen LogP contribution >= 0.6 is 11.8 Å². The van der Waals surface area contributed by atoms with Crippen molar-refractivity contribution in [3.8, 4) is 0 Å². The Kier molecular flexibility index (Phi) is 4.31. The van der Waals surface area contributed by atoms with E-state index in [4.69, 9.17) is 5.73 Å². The number of nitrogens with one attached hydrogen (secondary N) is 1. The molecule has 3 N–H and O–H groups in total. The van der Waals surface area contributed by atoms with Crippen molar-refractivity contribution < 1.29 is 0 Å². The Balaban J connectivity index is 2.21. The van der Waals surface area contributed by atoms with Crippen molar-refractivity contribution in [3.63, 3.8) is 0 Å². The standard InChI is InChI=1S/C14H19N3S/c1-10(9-18-2)8-17-13-6-5-12(15)14-11(13)4-3-7-16-14/h3-7,10,17H,8-9,15H2,1-2H3. The minimum absolute atomic E-state index is 0.643. The van der Waals surface area contributed by atoms with Crippen LogP contribution in [-0.4, -0.2) is 23.5 Å². The lowest BCUT2D eigenvalue weighted by atomic mass is 10.1. The third kappa shape index (κ3) is 2.88. The van der Waals surface area contributed by atoms with E-state index in [1.165, 1.54) is 0 Å². The van der Waals surface area contributed by atoms with Gasteiger partial charge in [0.15, 0.2) is 0 Å². The van der Waals surface area contributed by atoms with Gasteiger partial charge in [-0.2, -0.15) is 11.8 Å². The maximum Gasteiger partial charge on any atom is 0.0951 e. The highest BCUT2D eigenvalue weighted by Crippen LogP contribution is 2.26. The van der Waals surface area contributed by atoms with Crippen LogP contribution in [0.2, 0.25) is 0 Å². The van der Waals surface area contributed by atoms with Crippen LogP contribution in [0.4, 0.5) is 11.4 Å². The molecule has 18 heavy (non-hydrogen) atoms. The largest absolute Gasteiger partial charge is 0.397 e. The molecule has 96 valence electrons. The molecule has 0 amide bonds. The van der Waals surface area contributed by atoms with Gasteiger partial charge < -0.3 is 11.1 Å². The summed E-state index contributed by atoms with van der Waals surface area (Å²) in [7, 11) is 0. The van der Waals surface area contributed by atoms with Crippen molar-refractivity contribution in [2.24, 2.45) is 5.92 Å². The highest BCUT2D eigenvalue weighted by Gasteiger charge is 2.06. The first-order valence-electron chi connectivity index (χ1n) is 6.08. The number of hydrogen-bond donors (Lipinski definition) is 2. The van der Waals surface area contributed by atoms with Crippen LogP contribution in [0.3, 0.4) is 0 Å². The van der Waals surface area contributed by atoms with Crippen LogP contribution < -0.4 is 11.1 Å². The Morgan fingerprint density at radius 2 is 2.22 bits per heavy atom. The average Bonchev–Trinajstić information content (AvgIpc) is 2.39. The van der Waals surface area contributed by atoms with Crippen LogP contribution in [-0.2, 0) is 0 Å². The third-order valence-corrected chi connectivity index (χ3v) is 3.80. The van der Waals surface area contributed by atoms with Gasteiger partial charge in [-0.25, -0.2) is 0 Å². The van der Waals surface area contributed by atoms with Crippen molar-refractivity contribution >= 4 is 34.0 Å². The molecule has 1 heterocycles. The van der Waals surface area contributed by atoms with E-state index >= 15 is 0 Å². The number of thioether (sulfide) groups is 1. The maximum absolute atomic E-state index is 5.94. The summed E-state index contributed by atoms with van der Waals surface area (Å²) in [6.45, 7) is 3.22. The predicted molar refractivity (Wildman–Crippen MR) is 82.2 cm³/mol. The normalized spacial score (nSPS) is 12.6. The number of pyridine rings is 1. The molecular weight excluding hydrogens is 242 g/mol. The molecule has 0 saturated heterocycles. The SMILES string of the molecule is CSCC(C)CNc1ccc(N)c2ncccc12. The van der Waals surface area contributed by atoms with Gasteiger partial charge in [0.25, 0.3) is 0 Å². The fourth-order valence-electron chi connectivity index (χ4n) is 1.98. The summed E-state index contributed by atoms with van der Waals surface area (Å²) in [5.74, 6) is 1.81. The maximum atomic E-state index is 5.94. The minimum atomic E-state index is 0.643. The topological polar surface area (TPSA) is 50.9 Å². The van der Waals surface area contributed by atoms with Gasteiger partial charge in [0.05, 0.1) is 11.2 Å². The second kappa shape index (κ2) is 5.96. The Morgan fingerprint density at radius 3 is 3.00 bits per heavy atom. The van der Waals surface area contributed by atoms with Crippen molar-refractivity contribution in [3.05, 3.63) is 30.5 Å². The van der Waals surface area contributed by atoms with Gasteiger partial charge in [0.2, 0.25) is 0 Å². The molecule has 1 aromatic heterocycles. The zero-order chi connectivity index (χ0) is 13.0. The molecular formula is C14H19N3S. The quantitative estimate of drug-likeness (QED) is 0.811. The molecule has 0 fully saturated rings. The van der Waals surface area contributed by atoms with Gasteiger partial charge in [-0.3, -0.25) is 4.98 Å². The second-order valence-electron chi connectivity index (χ2n) is 4.54. The molecule has 4 heteroatoms. The van der Waals surface area contributed by atoms with Crippen LogP contribution in [0.25, 0.3) is 10.9 Å². The molecule has 0 radical (unpaired) electrons. The zero-order valence-electron chi connectivity index (χ0n) is 10.8. The van der Waals surface area contributed by atoms with Gasteiger partial charge in [0.1, 0.15) is 0 Å². The van der Waals surface area contributed by atoms with E-state index in [1.807, 2.05) is 30.0 Å². The van der Waals surface area contributed by atoms with E-state index in [0.717, 1.165) is 34.6 Å². The van der Waals surface area contributed by atoms with Crippen molar-refractivity contribution in [1.29, 1.82) is 0 Å². The summed E-state index contributed by atoms with van der Waals surface area (Å²) >= 11 is 1.88. The van der Waals surface area contributed by atoms with Crippen molar-refractivity contribution in [1.82, 2.24) is 4.98 Å². The molecule has 0 aliphatic carbocycles. The first-order chi connectivity index (χ1) is 8.72. The zero-order valence-corrected chi connectivity index (χ0v) is 11.6. The van der Waals surface area contributed by atoms with E-state index in [1.54, 1.807) is 6.20 Å². The van der Waals surface area contributed by atoms with E-state index in [0.29, 0.717) is 5.92 Å². The average molecular weight is 261 g/mol. The molecule has 0 bridgehead atoms. The molecule has 0 aliphatic heterocycles.